The van der Waals surface area contributed by atoms with Gasteiger partial charge in [-0.3, -0.25) is 0 Å². The lowest BCUT2D eigenvalue weighted by molar-refractivity contribution is -0.0179. The van der Waals surface area contributed by atoms with Gasteiger partial charge in [-0.25, -0.2) is 0 Å². The maximum atomic E-state index is 5.62. The summed E-state index contributed by atoms with van der Waals surface area (Å²) in [4.78, 5) is 2.33. The largest absolute Gasteiger partial charge is 0.374 e. The number of hydrogen-bond acceptors (Lipinski definition) is 3. The monoisotopic (exact) mass is 298 g/mol. The van der Waals surface area contributed by atoms with Crippen LogP contribution in [-0.4, -0.2) is 55.3 Å². The van der Waals surface area contributed by atoms with Gasteiger partial charge in [0.1, 0.15) is 0 Å². The first-order chi connectivity index (χ1) is 6.33. The average molecular weight is 298 g/mol. The number of nitrogens with zero attached hydrogens (tertiary/aromatic N) is 1. The Hall–Kier alpha value is 0.610. The molecule has 0 aromatic heterocycles. The minimum absolute atomic E-state index is 0.396. The summed E-state index contributed by atoms with van der Waals surface area (Å²) in [5.74, 6) is 0. The summed E-state index contributed by atoms with van der Waals surface area (Å²) >= 11 is 2.41. The summed E-state index contributed by atoms with van der Waals surface area (Å²) in [5, 5.41) is 3.42. The van der Waals surface area contributed by atoms with Crippen molar-refractivity contribution in [2.45, 2.75) is 12.5 Å². The molecular formula is C9H19IN2O. The van der Waals surface area contributed by atoms with E-state index >= 15 is 0 Å². The molecule has 1 heterocycles. The molecule has 78 valence electrons. The second-order valence-corrected chi connectivity index (χ2v) is 4.58. The van der Waals surface area contributed by atoms with Gasteiger partial charge >= 0.3 is 0 Å². The molecule has 0 aromatic carbocycles. The van der Waals surface area contributed by atoms with E-state index in [1.54, 1.807) is 0 Å². The number of morpholine rings is 1. The van der Waals surface area contributed by atoms with Crippen molar-refractivity contribution < 1.29 is 4.74 Å². The summed E-state index contributed by atoms with van der Waals surface area (Å²) in [6.45, 7) is 5.14. The fraction of sp³-hybridized carbons (Fsp3) is 1.00. The van der Waals surface area contributed by atoms with Crippen LogP contribution in [0.25, 0.3) is 0 Å². The number of rotatable bonds is 5. The molecule has 0 saturated carbocycles. The first kappa shape index (κ1) is 11.7. The third-order valence-corrected chi connectivity index (χ3v) is 2.96. The van der Waals surface area contributed by atoms with Crippen LogP contribution in [0.3, 0.4) is 0 Å². The molecule has 1 atom stereocenters. The van der Waals surface area contributed by atoms with Crippen LogP contribution in [0.5, 0.6) is 0 Å². The van der Waals surface area contributed by atoms with E-state index in [-0.39, 0.29) is 0 Å². The van der Waals surface area contributed by atoms with Gasteiger partial charge in [0.25, 0.3) is 0 Å². The van der Waals surface area contributed by atoms with Gasteiger partial charge in [0.15, 0.2) is 0 Å². The van der Waals surface area contributed by atoms with Gasteiger partial charge < -0.3 is 15.0 Å². The van der Waals surface area contributed by atoms with E-state index in [0.29, 0.717) is 6.10 Å². The Labute approximate surface area is 94.3 Å². The van der Waals surface area contributed by atoms with E-state index in [0.717, 1.165) is 32.8 Å². The molecule has 0 aromatic rings. The Morgan fingerprint density at radius 1 is 1.62 bits per heavy atom. The Morgan fingerprint density at radius 2 is 2.46 bits per heavy atom. The Kier molecular flexibility index (Phi) is 6.27. The summed E-state index contributed by atoms with van der Waals surface area (Å²) < 4.78 is 6.85. The van der Waals surface area contributed by atoms with Crippen LogP contribution >= 0.6 is 22.6 Å². The Morgan fingerprint density at radius 3 is 3.15 bits per heavy atom. The van der Waals surface area contributed by atoms with Gasteiger partial charge in [-0.2, -0.15) is 0 Å². The molecule has 0 aliphatic carbocycles. The Bertz CT molecular complexity index is 135. The lowest BCUT2D eigenvalue weighted by atomic mass is 10.3. The van der Waals surface area contributed by atoms with Gasteiger partial charge in [-0.1, -0.05) is 22.6 Å². The number of halogens is 1. The van der Waals surface area contributed by atoms with Crippen LogP contribution < -0.4 is 5.32 Å². The molecule has 0 radical (unpaired) electrons. The lowest BCUT2D eigenvalue weighted by Crippen LogP contribution is -2.44. The number of hydrogen-bond donors (Lipinski definition) is 1. The van der Waals surface area contributed by atoms with Gasteiger partial charge in [0.2, 0.25) is 0 Å². The molecule has 1 aliphatic rings. The molecule has 1 unspecified atom stereocenters. The zero-order valence-corrected chi connectivity index (χ0v) is 10.4. The molecule has 1 fully saturated rings. The quantitative estimate of drug-likeness (QED) is 0.460. The van der Waals surface area contributed by atoms with Crippen LogP contribution in [0.15, 0.2) is 0 Å². The Balaban J connectivity index is 2.00. The molecule has 0 bridgehead atoms. The highest BCUT2D eigenvalue weighted by atomic mass is 127. The summed E-state index contributed by atoms with van der Waals surface area (Å²) in [7, 11) is 2.15. The van der Waals surface area contributed by atoms with Crippen molar-refractivity contribution in [3.63, 3.8) is 0 Å². The van der Waals surface area contributed by atoms with Gasteiger partial charge in [0, 0.05) is 24.1 Å². The van der Waals surface area contributed by atoms with Crippen LogP contribution in [0.2, 0.25) is 0 Å². The predicted molar refractivity (Wildman–Crippen MR) is 63.6 cm³/mol. The third kappa shape index (κ3) is 5.15. The van der Waals surface area contributed by atoms with Crippen LogP contribution in [-0.2, 0) is 4.74 Å². The minimum Gasteiger partial charge on any atom is -0.374 e. The summed E-state index contributed by atoms with van der Waals surface area (Å²) in [6.07, 6.45) is 1.65. The number of ether oxygens (including phenoxy) is 1. The van der Waals surface area contributed by atoms with Gasteiger partial charge in [-0.05, 0) is 20.0 Å². The molecular weight excluding hydrogens is 279 g/mol. The highest BCUT2D eigenvalue weighted by molar-refractivity contribution is 14.1. The van der Waals surface area contributed by atoms with E-state index < -0.39 is 0 Å². The lowest BCUT2D eigenvalue weighted by Gasteiger charge is -2.30. The third-order valence-electron chi connectivity index (χ3n) is 2.20. The zero-order chi connectivity index (χ0) is 9.52. The standard InChI is InChI=1S/C9H19IN2O/c1-12-5-6-13-9(8-12)7-11-4-2-3-10/h9,11H,2-8H2,1H3. The molecule has 1 aliphatic heterocycles. The van der Waals surface area contributed by atoms with Crippen molar-refractivity contribution in [1.29, 1.82) is 0 Å². The topological polar surface area (TPSA) is 24.5 Å². The minimum atomic E-state index is 0.396. The maximum absolute atomic E-state index is 5.62. The molecule has 0 spiro atoms. The number of likely N-dealkylation sites (N-methyl/N-ethyl adjacent to an activating group) is 1. The fourth-order valence-electron chi connectivity index (χ4n) is 1.45. The zero-order valence-electron chi connectivity index (χ0n) is 8.26. The van der Waals surface area contributed by atoms with Gasteiger partial charge in [-0.15, -0.1) is 0 Å². The van der Waals surface area contributed by atoms with Crippen molar-refractivity contribution >= 4 is 22.6 Å². The van der Waals surface area contributed by atoms with E-state index in [4.69, 9.17) is 4.74 Å². The smallest absolute Gasteiger partial charge is 0.0826 e. The van der Waals surface area contributed by atoms with Crippen molar-refractivity contribution in [3.8, 4) is 0 Å². The van der Waals surface area contributed by atoms with E-state index in [2.05, 4.69) is 39.9 Å². The molecule has 1 N–H and O–H groups in total. The van der Waals surface area contributed by atoms with Crippen LogP contribution in [0.4, 0.5) is 0 Å². The first-order valence-electron chi connectivity index (χ1n) is 4.89. The molecule has 13 heavy (non-hydrogen) atoms. The maximum Gasteiger partial charge on any atom is 0.0826 e. The summed E-state index contributed by atoms with van der Waals surface area (Å²) in [5.41, 5.74) is 0. The van der Waals surface area contributed by atoms with Crippen molar-refractivity contribution in [1.82, 2.24) is 10.2 Å². The van der Waals surface area contributed by atoms with Crippen LogP contribution in [0.1, 0.15) is 6.42 Å². The van der Waals surface area contributed by atoms with Crippen LogP contribution in [0, 0.1) is 0 Å². The van der Waals surface area contributed by atoms with Crippen molar-refractivity contribution in [3.05, 3.63) is 0 Å². The highest BCUT2D eigenvalue weighted by Gasteiger charge is 2.16. The highest BCUT2D eigenvalue weighted by Crippen LogP contribution is 2.01. The molecule has 0 amide bonds. The van der Waals surface area contributed by atoms with E-state index in [1.807, 2.05) is 0 Å². The van der Waals surface area contributed by atoms with E-state index in [9.17, 15) is 0 Å². The van der Waals surface area contributed by atoms with E-state index in [1.165, 1.54) is 10.8 Å². The summed E-state index contributed by atoms with van der Waals surface area (Å²) in [6, 6.07) is 0. The fourth-order valence-corrected chi connectivity index (χ4v) is 1.83. The average Bonchev–Trinajstić information content (AvgIpc) is 2.13. The molecule has 3 nitrogen and oxygen atoms in total. The van der Waals surface area contributed by atoms with Crippen molar-refractivity contribution in [2.24, 2.45) is 0 Å². The SMILES string of the molecule is CN1CCOC(CNCCCI)C1. The number of nitrogens with one attached hydrogen (secondary N) is 1. The number of alkyl halides is 1. The molecule has 1 saturated heterocycles. The first-order valence-corrected chi connectivity index (χ1v) is 6.42. The van der Waals surface area contributed by atoms with Crippen molar-refractivity contribution in [2.75, 3.05) is 44.3 Å². The molecule has 4 heteroatoms. The van der Waals surface area contributed by atoms with Gasteiger partial charge in [0.05, 0.1) is 12.7 Å². The predicted octanol–water partition coefficient (Wildman–Crippen LogP) is 0.732. The molecule has 1 rings (SSSR count). The second-order valence-electron chi connectivity index (χ2n) is 3.50. The second kappa shape index (κ2) is 6.98. The normalized spacial score (nSPS) is 24.9.